The lowest BCUT2D eigenvalue weighted by Crippen LogP contribution is -2.50. The van der Waals surface area contributed by atoms with Gasteiger partial charge in [0.05, 0.1) is 0 Å². The molecule has 2 saturated heterocycles. The number of pyridine rings is 1. The van der Waals surface area contributed by atoms with E-state index in [1.54, 1.807) is 0 Å². The molecule has 1 aromatic heterocycles. The lowest BCUT2D eigenvalue weighted by molar-refractivity contribution is 0.230. The Morgan fingerprint density at radius 1 is 1.29 bits per heavy atom. The van der Waals surface area contributed by atoms with Crippen LogP contribution in [0, 0.1) is 0 Å². The van der Waals surface area contributed by atoms with Crippen molar-refractivity contribution in [3.63, 3.8) is 0 Å². The fourth-order valence-corrected chi connectivity index (χ4v) is 2.92. The smallest absolute Gasteiger partial charge is 0.128 e. The highest BCUT2D eigenvalue weighted by molar-refractivity contribution is 5.40. The van der Waals surface area contributed by atoms with Crippen LogP contribution in [0.25, 0.3) is 0 Å². The first-order valence-corrected chi connectivity index (χ1v) is 6.51. The van der Waals surface area contributed by atoms with E-state index >= 15 is 0 Å². The molecular weight excluding hydrogens is 212 g/mol. The number of anilines is 1. The summed E-state index contributed by atoms with van der Waals surface area (Å²) in [6.45, 7) is 5.28. The molecule has 0 radical (unpaired) electrons. The molecule has 0 saturated carbocycles. The number of hydrogen-bond acceptors (Lipinski definition) is 4. The minimum absolute atomic E-state index is 0.573. The van der Waals surface area contributed by atoms with Gasteiger partial charge < -0.3 is 10.6 Å². The summed E-state index contributed by atoms with van der Waals surface area (Å²) in [7, 11) is 0. The van der Waals surface area contributed by atoms with Gasteiger partial charge in [0.1, 0.15) is 5.82 Å². The summed E-state index contributed by atoms with van der Waals surface area (Å²) in [5.74, 6) is 1.11. The number of aromatic nitrogens is 1. The van der Waals surface area contributed by atoms with Gasteiger partial charge in [-0.05, 0) is 31.0 Å². The lowest BCUT2D eigenvalue weighted by atomic mass is 10.1. The van der Waals surface area contributed by atoms with E-state index in [1.807, 2.05) is 6.20 Å². The maximum atomic E-state index is 5.59. The predicted octanol–water partition coefficient (Wildman–Crippen LogP) is 0.825. The second-order valence-electron chi connectivity index (χ2n) is 5.01. The van der Waals surface area contributed by atoms with E-state index in [1.165, 1.54) is 25.9 Å². The number of fused-ring (bicyclic) bond motifs is 1. The van der Waals surface area contributed by atoms with Crippen LogP contribution in [0.4, 0.5) is 5.82 Å². The van der Waals surface area contributed by atoms with Crippen LogP contribution in [0.5, 0.6) is 0 Å². The van der Waals surface area contributed by atoms with Gasteiger partial charge in [0.15, 0.2) is 0 Å². The van der Waals surface area contributed by atoms with Crippen LogP contribution in [-0.2, 0) is 6.54 Å². The Bertz CT molecular complexity index is 376. The number of rotatable bonds is 2. The van der Waals surface area contributed by atoms with E-state index in [9.17, 15) is 0 Å². The third-order valence-electron chi connectivity index (χ3n) is 3.96. The fourth-order valence-electron chi connectivity index (χ4n) is 2.92. The van der Waals surface area contributed by atoms with Crippen LogP contribution in [0.1, 0.15) is 18.4 Å². The monoisotopic (exact) mass is 232 g/mol. The van der Waals surface area contributed by atoms with E-state index in [4.69, 9.17) is 5.73 Å². The molecule has 1 atom stereocenters. The molecule has 0 aliphatic carbocycles. The Morgan fingerprint density at radius 2 is 2.24 bits per heavy atom. The van der Waals surface area contributed by atoms with Crippen LogP contribution in [-0.4, -0.2) is 42.1 Å². The summed E-state index contributed by atoms with van der Waals surface area (Å²) in [6.07, 6.45) is 4.60. The van der Waals surface area contributed by atoms with Crippen molar-refractivity contribution in [2.45, 2.75) is 25.4 Å². The van der Waals surface area contributed by atoms with Crippen molar-refractivity contribution in [2.75, 3.05) is 31.1 Å². The van der Waals surface area contributed by atoms with Gasteiger partial charge in [0, 0.05) is 38.4 Å². The molecule has 0 spiro atoms. The molecule has 2 aliphatic rings. The van der Waals surface area contributed by atoms with Crippen LogP contribution in [0.3, 0.4) is 0 Å². The van der Waals surface area contributed by atoms with E-state index in [0.717, 1.165) is 30.5 Å². The molecule has 4 heteroatoms. The van der Waals surface area contributed by atoms with Crippen molar-refractivity contribution in [1.82, 2.24) is 9.88 Å². The zero-order chi connectivity index (χ0) is 11.7. The Hall–Kier alpha value is -1.13. The topological polar surface area (TPSA) is 45.4 Å². The van der Waals surface area contributed by atoms with E-state index in [-0.39, 0.29) is 0 Å². The summed E-state index contributed by atoms with van der Waals surface area (Å²) in [5.41, 5.74) is 6.69. The normalized spacial score (nSPS) is 25.0. The van der Waals surface area contributed by atoms with Gasteiger partial charge in [-0.3, -0.25) is 4.90 Å². The summed E-state index contributed by atoms with van der Waals surface area (Å²) in [4.78, 5) is 9.54. The molecule has 0 bridgehead atoms. The van der Waals surface area contributed by atoms with Gasteiger partial charge >= 0.3 is 0 Å². The van der Waals surface area contributed by atoms with Gasteiger partial charge in [0.25, 0.3) is 0 Å². The number of nitrogens with zero attached hydrogens (tertiary/aromatic N) is 3. The molecule has 92 valence electrons. The van der Waals surface area contributed by atoms with Gasteiger partial charge in [0.2, 0.25) is 0 Å². The van der Waals surface area contributed by atoms with Crippen molar-refractivity contribution in [1.29, 1.82) is 0 Å². The molecule has 2 fully saturated rings. The fraction of sp³-hybridized carbons (Fsp3) is 0.615. The van der Waals surface area contributed by atoms with Crippen LogP contribution >= 0.6 is 0 Å². The molecule has 0 amide bonds. The van der Waals surface area contributed by atoms with E-state index in [0.29, 0.717) is 6.54 Å². The Balaban J connectivity index is 1.71. The Morgan fingerprint density at radius 3 is 3.00 bits per heavy atom. The molecule has 3 heterocycles. The summed E-state index contributed by atoms with van der Waals surface area (Å²) < 4.78 is 0. The highest BCUT2D eigenvalue weighted by Crippen LogP contribution is 2.24. The van der Waals surface area contributed by atoms with Gasteiger partial charge in [-0.25, -0.2) is 4.98 Å². The molecule has 1 aromatic rings. The van der Waals surface area contributed by atoms with Crippen molar-refractivity contribution in [3.05, 3.63) is 23.9 Å². The molecule has 1 unspecified atom stereocenters. The first-order valence-electron chi connectivity index (χ1n) is 6.51. The molecular formula is C13H20N4. The third-order valence-corrected chi connectivity index (χ3v) is 3.96. The highest BCUT2D eigenvalue weighted by Gasteiger charge is 2.30. The zero-order valence-electron chi connectivity index (χ0n) is 10.2. The average molecular weight is 232 g/mol. The predicted molar refractivity (Wildman–Crippen MR) is 68.9 cm³/mol. The quantitative estimate of drug-likeness (QED) is 0.820. The van der Waals surface area contributed by atoms with Crippen LogP contribution in [0.15, 0.2) is 18.3 Å². The second kappa shape index (κ2) is 4.63. The zero-order valence-corrected chi connectivity index (χ0v) is 10.2. The minimum Gasteiger partial charge on any atom is -0.354 e. The highest BCUT2D eigenvalue weighted by atomic mass is 15.3. The average Bonchev–Trinajstić information content (AvgIpc) is 2.86. The summed E-state index contributed by atoms with van der Waals surface area (Å²) in [5, 5.41) is 0. The molecule has 3 rings (SSSR count). The van der Waals surface area contributed by atoms with Crippen molar-refractivity contribution < 1.29 is 0 Å². The van der Waals surface area contributed by atoms with Crippen molar-refractivity contribution >= 4 is 5.82 Å². The minimum atomic E-state index is 0.573. The van der Waals surface area contributed by atoms with Crippen LogP contribution < -0.4 is 10.6 Å². The number of hydrogen-bond donors (Lipinski definition) is 1. The van der Waals surface area contributed by atoms with Gasteiger partial charge in [-0.15, -0.1) is 0 Å². The van der Waals surface area contributed by atoms with Crippen molar-refractivity contribution in [2.24, 2.45) is 5.73 Å². The SMILES string of the molecule is NCc1ccc(N2CCN3CCCC3C2)nc1. The van der Waals surface area contributed by atoms with Crippen LogP contribution in [0.2, 0.25) is 0 Å². The molecule has 2 N–H and O–H groups in total. The second-order valence-corrected chi connectivity index (χ2v) is 5.01. The van der Waals surface area contributed by atoms with Crippen molar-refractivity contribution in [3.8, 4) is 0 Å². The Labute approximate surface area is 102 Å². The number of piperazine rings is 1. The molecule has 0 aromatic carbocycles. The Kier molecular flexibility index (Phi) is 2.99. The summed E-state index contributed by atoms with van der Waals surface area (Å²) in [6, 6.07) is 4.94. The first kappa shape index (κ1) is 11.0. The van der Waals surface area contributed by atoms with Gasteiger partial charge in [-0.2, -0.15) is 0 Å². The van der Waals surface area contributed by atoms with Gasteiger partial charge in [-0.1, -0.05) is 6.07 Å². The molecule has 2 aliphatic heterocycles. The maximum Gasteiger partial charge on any atom is 0.128 e. The number of nitrogens with two attached hydrogens (primary N) is 1. The third kappa shape index (κ3) is 2.15. The standard InChI is InChI=1S/C13H20N4/c14-8-11-3-4-13(15-9-11)17-7-6-16-5-1-2-12(16)10-17/h3-4,9,12H,1-2,5-8,10,14H2. The lowest BCUT2D eigenvalue weighted by Gasteiger charge is -2.38. The maximum absolute atomic E-state index is 5.59. The molecule has 17 heavy (non-hydrogen) atoms. The largest absolute Gasteiger partial charge is 0.354 e. The first-order chi connectivity index (χ1) is 8.36. The summed E-state index contributed by atoms with van der Waals surface area (Å²) >= 11 is 0. The van der Waals surface area contributed by atoms with E-state index < -0.39 is 0 Å². The molecule has 4 nitrogen and oxygen atoms in total. The van der Waals surface area contributed by atoms with E-state index in [2.05, 4.69) is 26.9 Å².